The fourth-order valence-electron chi connectivity index (χ4n) is 1.88. The number of aromatic carboxylic acids is 1. The van der Waals surface area contributed by atoms with Crippen LogP contribution in [0.3, 0.4) is 0 Å². The minimum atomic E-state index is -1.03. The molecule has 1 N–H and O–H groups in total. The zero-order chi connectivity index (χ0) is 16.8. The minimum Gasteiger partial charge on any atom is -0.478 e. The first-order valence-electron chi connectivity index (χ1n) is 6.77. The molecule has 1 aromatic heterocycles. The van der Waals surface area contributed by atoms with Gasteiger partial charge in [-0.05, 0) is 31.2 Å². The van der Waals surface area contributed by atoms with Crippen LogP contribution in [0.2, 0.25) is 0 Å². The molecule has 0 saturated carbocycles. The van der Waals surface area contributed by atoms with Crippen LogP contribution in [0.1, 0.15) is 23.0 Å². The van der Waals surface area contributed by atoms with Gasteiger partial charge in [-0.15, -0.1) is 0 Å². The number of hydrogen-bond acceptors (Lipinski definition) is 5. The number of carboxylic acid groups (broad SMARTS) is 1. The molecule has 2 aromatic rings. The van der Waals surface area contributed by atoms with E-state index in [2.05, 4.69) is 0 Å². The van der Waals surface area contributed by atoms with Crippen molar-refractivity contribution in [1.29, 1.82) is 5.26 Å². The number of benzene rings is 1. The third-order valence-electron chi connectivity index (χ3n) is 2.92. The van der Waals surface area contributed by atoms with Crippen LogP contribution < -0.4 is 0 Å². The number of carbonyl (C=O) groups is 2. The van der Waals surface area contributed by atoms with E-state index in [4.69, 9.17) is 19.5 Å². The Labute approximate surface area is 132 Å². The molecule has 0 atom stereocenters. The van der Waals surface area contributed by atoms with Gasteiger partial charge in [0.2, 0.25) is 0 Å². The van der Waals surface area contributed by atoms with Crippen LogP contribution in [-0.2, 0) is 9.53 Å². The molecule has 0 unspecified atom stereocenters. The Morgan fingerprint density at radius 3 is 2.78 bits per heavy atom. The Bertz CT molecular complexity index is 810. The molecule has 0 bridgehead atoms. The number of carbonyl (C=O) groups excluding carboxylic acids is 1. The van der Waals surface area contributed by atoms with Crippen LogP contribution in [0.4, 0.5) is 0 Å². The molecule has 0 amide bonds. The molecule has 0 radical (unpaired) electrons. The number of ether oxygens (including phenoxy) is 1. The summed E-state index contributed by atoms with van der Waals surface area (Å²) in [6, 6.07) is 11.2. The molecule has 0 spiro atoms. The molecule has 1 aromatic carbocycles. The summed E-state index contributed by atoms with van der Waals surface area (Å²) >= 11 is 0. The van der Waals surface area contributed by atoms with Gasteiger partial charge in [-0.2, -0.15) is 5.26 Å². The molecular weight excluding hydrogens is 298 g/mol. The summed E-state index contributed by atoms with van der Waals surface area (Å²) in [5.41, 5.74) is 0.548. The molecule has 0 fully saturated rings. The summed E-state index contributed by atoms with van der Waals surface area (Å²) < 4.78 is 10.3. The maximum Gasteiger partial charge on any atom is 0.349 e. The minimum absolute atomic E-state index is 0.139. The molecule has 6 nitrogen and oxygen atoms in total. The zero-order valence-corrected chi connectivity index (χ0v) is 12.3. The largest absolute Gasteiger partial charge is 0.478 e. The average Bonchev–Trinajstić information content (AvgIpc) is 3.01. The third kappa shape index (κ3) is 3.86. The SMILES string of the molecule is CCOC(=O)C(C#N)=Cc1ccc(-c2cccc(C(=O)O)c2)o1. The zero-order valence-electron chi connectivity index (χ0n) is 12.3. The number of esters is 1. The Kier molecular flexibility index (Phi) is 4.95. The van der Waals surface area contributed by atoms with Crippen LogP contribution in [0.5, 0.6) is 0 Å². The number of furan rings is 1. The first-order chi connectivity index (χ1) is 11.0. The van der Waals surface area contributed by atoms with Crippen molar-refractivity contribution in [3.63, 3.8) is 0 Å². The normalized spacial score (nSPS) is 10.9. The van der Waals surface area contributed by atoms with E-state index in [1.54, 1.807) is 37.3 Å². The number of rotatable bonds is 5. The lowest BCUT2D eigenvalue weighted by atomic mass is 10.1. The number of hydrogen-bond donors (Lipinski definition) is 1. The second-order valence-corrected chi connectivity index (χ2v) is 4.48. The van der Waals surface area contributed by atoms with Crippen molar-refractivity contribution >= 4 is 18.0 Å². The molecule has 23 heavy (non-hydrogen) atoms. The Morgan fingerprint density at radius 1 is 1.35 bits per heavy atom. The highest BCUT2D eigenvalue weighted by Gasteiger charge is 2.12. The summed E-state index contributed by atoms with van der Waals surface area (Å²) in [4.78, 5) is 22.5. The van der Waals surface area contributed by atoms with Crippen molar-refractivity contribution < 1.29 is 23.8 Å². The standard InChI is InChI=1S/C17H13NO5/c1-2-22-17(21)13(10-18)9-14-6-7-15(23-14)11-4-3-5-12(8-11)16(19)20/h3-9H,2H2,1H3,(H,19,20). The van der Waals surface area contributed by atoms with Crippen LogP contribution in [-0.4, -0.2) is 23.7 Å². The molecule has 0 saturated heterocycles. The molecule has 116 valence electrons. The van der Waals surface area contributed by atoms with Gasteiger partial charge in [0.15, 0.2) is 0 Å². The van der Waals surface area contributed by atoms with E-state index in [9.17, 15) is 9.59 Å². The number of nitriles is 1. The van der Waals surface area contributed by atoms with Gasteiger partial charge >= 0.3 is 11.9 Å². The fourth-order valence-corrected chi connectivity index (χ4v) is 1.88. The van der Waals surface area contributed by atoms with Crippen molar-refractivity contribution in [3.05, 3.63) is 53.3 Å². The second-order valence-electron chi connectivity index (χ2n) is 4.48. The predicted molar refractivity (Wildman–Crippen MR) is 81.3 cm³/mol. The van der Waals surface area contributed by atoms with Crippen molar-refractivity contribution in [2.75, 3.05) is 6.61 Å². The van der Waals surface area contributed by atoms with Gasteiger partial charge in [0.05, 0.1) is 12.2 Å². The summed E-state index contributed by atoms with van der Waals surface area (Å²) in [7, 11) is 0. The second kappa shape index (κ2) is 7.09. The molecular formula is C17H13NO5. The molecule has 0 aliphatic heterocycles. The maximum atomic E-state index is 11.6. The monoisotopic (exact) mass is 311 g/mol. The topological polar surface area (TPSA) is 101 Å². The summed E-state index contributed by atoms with van der Waals surface area (Å²) in [5.74, 6) is -1.03. The summed E-state index contributed by atoms with van der Waals surface area (Å²) in [5, 5.41) is 18.0. The van der Waals surface area contributed by atoms with E-state index in [1.807, 2.05) is 0 Å². The van der Waals surface area contributed by atoms with Crippen LogP contribution >= 0.6 is 0 Å². The van der Waals surface area contributed by atoms with Crippen molar-refractivity contribution in [1.82, 2.24) is 0 Å². The highest BCUT2D eigenvalue weighted by molar-refractivity contribution is 5.97. The summed E-state index contributed by atoms with van der Waals surface area (Å²) in [6.45, 7) is 1.82. The van der Waals surface area contributed by atoms with E-state index >= 15 is 0 Å². The quantitative estimate of drug-likeness (QED) is 0.517. The van der Waals surface area contributed by atoms with Crippen LogP contribution in [0.25, 0.3) is 17.4 Å². The molecule has 2 rings (SSSR count). The van der Waals surface area contributed by atoms with Crippen molar-refractivity contribution in [2.45, 2.75) is 6.92 Å². The lowest BCUT2D eigenvalue weighted by Gasteiger charge is -2.00. The number of carboxylic acids is 1. The van der Waals surface area contributed by atoms with Gasteiger partial charge < -0.3 is 14.3 Å². The Balaban J connectivity index is 2.30. The molecule has 0 aliphatic rings. The highest BCUT2D eigenvalue weighted by Crippen LogP contribution is 2.24. The number of nitrogens with zero attached hydrogens (tertiary/aromatic N) is 1. The van der Waals surface area contributed by atoms with Crippen LogP contribution in [0.15, 0.2) is 46.4 Å². The Hall–Kier alpha value is -3.33. The third-order valence-corrected chi connectivity index (χ3v) is 2.92. The predicted octanol–water partition coefficient (Wildman–Crippen LogP) is 3.11. The van der Waals surface area contributed by atoms with Gasteiger partial charge in [0.1, 0.15) is 23.2 Å². The van der Waals surface area contributed by atoms with E-state index in [0.717, 1.165) is 0 Å². The summed E-state index contributed by atoms with van der Waals surface area (Å²) in [6.07, 6.45) is 1.28. The van der Waals surface area contributed by atoms with Gasteiger partial charge in [0.25, 0.3) is 0 Å². The van der Waals surface area contributed by atoms with Gasteiger partial charge in [0, 0.05) is 11.6 Å². The first-order valence-corrected chi connectivity index (χ1v) is 6.77. The first kappa shape index (κ1) is 16.0. The fraction of sp³-hybridized carbons (Fsp3) is 0.118. The van der Waals surface area contributed by atoms with E-state index in [1.165, 1.54) is 18.2 Å². The van der Waals surface area contributed by atoms with Crippen molar-refractivity contribution in [2.24, 2.45) is 0 Å². The molecule has 1 heterocycles. The highest BCUT2D eigenvalue weighted by atomic mass is 16.5. The molecule has 0 aliphatic carbocycles. The average molecular weight is 311 g/mol. The maximum absolute atomic E-state index is 11.6. The van der Waals surface area contributed by atoms with E-state index in [-0.39, 0.29) is 17.7 Å². The van der Waals surface area contributed by atoms with Gasteiger partial charge in [-0.1, -0.05) is 12.1 Å². The Morgan fingerprint density at radius 2 is 2.13 bits per heavy atom. The lowest BCUT2D eigenvalue weighted by molar-refractivity contribution is -0.137. The smallest absolute Gasteiger partial charge is 0.349 e. The lowest BCUT2D eigenvalue weighted by Crippen LogP contribution is -2.05. The van der Waals surface area contributed by atoms with Gasteiger partial charge in [-0.3, -0.25) is 0 Å². The van der Waals surface area contributed by atoms with Crippen molar-refractivity contribution in [3.8, 4) is 17.4 Å². The molecule has 6 heteroatoms. The van der Waals surface area contributed by atoms with Gasteiger partial charge in [-0.25, -0.2) is 9.59 Å². The van der Waals surface area contributed by atoms with Crippen LogP contribution in [0, 0.1) is 11.3 Å². The van der Waals surface area contributed by atoms with E-state index in [0.29, 0.717) is 17.1 Å². The van der Waals surface area contributed by atoms with E-state index < -0.39 is 11.9 Å².